The third-order valence-electron chi connectivity index (χ3n) is 6.28. The van der Waals surface area contributed by atoms with Crippen LogP contribution in [0.15, 0.2) is 0 Å². The predicted molar refractivity (Wildman–Crippen MR) is 81.3 cm³/mol. The summed E-state index contributed by atoms with van der Waals surface area (Å²) in [6.45, 7) is 8.45. The second-order valence-corrected chi connectivity index (χ2v) is 7.44. The van der Waals surface area contributed by atoms with Crippen LogP contribution in [0.25, 0.3) is 0 Å². The van der Waals surface area contributed by atoms with Gasteiger partial charge >= 0.3 is 0 Å². The lowest BCUT2D eigenvalue weighted by atomic mass is 9.90. The lowest BCUT2D eigenvalue weighted by Crippen LogP contribution is -2.54. The zero-order chi connectivity index (χ0) is 13.4. The van der Waals surface area contributed by atoms with Crippen LogP contribution >= 0.6 is 0 Å². The number of piperidine rings is 1. The Kier molecular flexibility index (Phi) is 4.19. The van der Waals surface area contributed by atoms with Crippen LogP contribution in [0.4, 0.5) is 0 Å². The average molecular weight is 264 g/mol. The highest BCUT2D eigenvalue weighted by atomic mass is 15.3. The Hall–Kier alpha value is -0.0800. The van der Waals surface area contributed by atoms with E-state index in [0.717, 1.165) is 36.0 Å². The van der Waals surface area contributed by atoms with Crippen molar-refractivity contribution in [3.05, 3.63) is 0 Å². The number of nitrogens with zero attached hydrogens (tertiary/aromatic N) is 1. The highest BCUT2D eigenvalue weighted by Gasteiger charge is 2.47. The molecule has 1 aliphatic carbocycles. The van der Waals surface area contributed by atoms with Crippen LogP contribution in [0, 0.1) is 11.8 Å². The Bertz CT molecular complexity index is 290. The van der Waals surface area contributed by atoms with Gasteiger partial charge in [-0.3, -0.25) is 4.90 Å². The summed E-state index contributed by atoms with van der Waals surface area (Å²) in [4.78, 5) is 2.97. The minimum Gasteiger partial charge on any atom is -0.314 e. The molecule has 0 spiro atoms. The summed E-state index contributed by atoms with van der Waals surface area (Å²) in [6, 6.07) is 3.50. The third-order valence-corrected chi connectivity index (χ3v) is 6.28. The van der Waals surface area contributed by atoms with Gasteiger partial charge in [0.05, 0.1) is 0 Å². The first-order chi connectivity index (χ1) is 9.20. The summed E-state index contributed by atoms with van der Waals surface area (Å²) in [5.41, 5.74) is 0. The van der Waals surface area contributed by atoms with Gasteiger partial charge in [-0.05, 0) is 63.3 Å². The predicted octanol–water partition coefficient (Wildman–Crippen LogP) is 3.42. The Morgan fingerprint density at radius 2 is 1.68 bits per heavy atom. The Morgan fingerprint density at radius 3 is 2.21 bits per heavy atom. The van der Waals surface area contributed by atoms with Gasteiger partial charge in [0.15, 0.2) is 0 Å². The summed E-state index contributed by atoms with van der Waals surface area (Å²) in [7, 11) is 0. The molecular weight excluding hydrogens is 232 g/mol. The van der Waals surface area contributed by atoms with Crippen molar-refractivity contribution in [2.24, 2.45) is 11.8 Å². The standard InChI is InChI=1S/C17H32N2/c1-4-9-18-14-10-15-6-7-16(11-14)19(15)17-8-5-12(2)13(17)3/h12-18H,4-11H2,1-3H3. The zero-order valence-electron chi connectivity index (χ0n) is 13.1. The number of fused-ring (bicyclic) bond motifs is 2. The molecule has 3 fully saturated rings. The first kappa shape index (κ1) is 13.9. The molecule has 110 valence electrons. The maximum Gasteiger partial charge on any atom is 0.0129 e. The van der Waals surface area contributed by atoms with Gasteiger partial charge in [0.1, 0.15) is 0 Å². The SMILES string of the molecule is CCCNC1CC2CCC(C1)N2C1CCC(C)C1C. The van der Waals surface area contributed by atoms with Gasteiger partial charge in [-0.25, -0.2) is 0 Å². The molecule has 5 atom stereocenters. The fourth-order valence-electron chi connectivity index (χ4n) is 5.03. The van der Waals surface area contributed by atoms with Gasteiger partial charge in [0.2, 0.25) is 0 Å². The normalized spacial score (nSPS) is 46.9. The molecule has 5 unspecified atom stereocenters. The van der Waals surface area contributed by atoms with Gasteiger partial charge in [0, 0.05) is 24.2 Å². The third kappa shape index (κ3) is 2.58. The summed E-state index contributed by atoms with van der Waals surface area (Å²) < 4.78 is 0. The Labute approximate surface area is 119 Å². The molecule has 1 N–H and O–H groups in total. The molecular formula is C17H32N2. The fourth-order valence-corrected chi connectivity index (χ4v) is 5.03. The molecule has 2 bridgehead atoms. The van der Waals surface area contributed by atoms with Gasteiger partial charge in [-0.15, -0.1) is 0 Å². The van der Waals surface area contributed by atoms with Gasteiger partial charge in [0.25, 0.3) is 0 Å². The number of hydrogen-bond acceptors (Lipinski definition) is 2. The zero-order valence-corrected chi connectivity index (χ0v) is 13.1. The molecule has 2 heterocycles. The molecule has 3 rings (SSSR count). The number of rotatable bonds is 4. The first-order valence-corrected chi connectivity index (χ1v) is 8.71. The van der Waals surface area contributed by atoms with Crippen LogP contribution in [0.5, 0.6) is 0 Å². The maximum absolute atomic E-state index is 3.78. The Morgan fingerprint density at radius 1 is 1.00 bits per heavy atom. The summed E-state index contributed by atoms with van der Waals surface area (Å²) in [5.74, 6) is 1.86. The van der Waals surface area contributed by atoms with Crippen LogP contribution in [0.2, 0.25) is 0 Å². The topological polar surface area (TPSA) is 15.3 Å². The van der Waals surface area contributed by atoms with E-state index in [1.54, 1.807) is 0 Å². The van der Waals surface area contributed by atoms with Crippen molar-refractivity contribution in [1.82, 2.24) is 10.2 Å². The van der Waals surface area contributed by atoms with Gasteiger partial charge in [-0.2, -0.15) is 0 Å². The molecule has 0 amide bonds. The number of nitrogens with one attached hydrogen (secondary N) is 1. The van der Waals surface area contributed by atoms with E-state index >= 15 is 0 Å². The highest BCUT2D eigenvalue weighted by molar-refractivity contribution is 5.02. The molecule has 3 aliphatic rings. The van der Waals surface area contributed by atoms with Crippen LogP contribution in [-0.2, 0) is 0 Å². The van der Waals surface area contributed by atoms with E-state index in [1.165, 1.54) is 51.5 Å². The van der Waals surface area contributed by atoms with Crippen molar-refractivity contribution < 1.29 is 0 Å². The largest absolute Gasteiger partial charge is 0.314 e. The Balaban J connectivity index is 1.63. The van der Waals surface area contributed by atoms with Crippen molar-refractivity contribution >= 4 is 0 Å². The summed E-state index contributed by atoms with van der Waals surface area (Å²) in [5, 5.41) is 3.78. The van der Waals surface area contributed by atoms with E-state index in [4.69, 9.17) is 0 Å². The quantitative estimate of drug-likeness (QED) is 0.837. The second kappa shape index (κ2) is 5.73. The molecule has 2 aliphatic heterocycles. The van der Waals surface area contributed by atoms with E-state index in [-0.39, 0.29) is 0 Å². The number of hydrogen-bond donors (Lipinski definition) is 1. The van der Waals surface area contributed by atoms with E-state index in [1.807, 2.05) is 0 Å². The van der Waals surface area contributed by atoms with E-state index < -0.39 is 0 Å². The van der Waals surface area contributed by atoms with Crippen molar-refractivity contribution in [1.29, 1.82) is 0 Å². The molecule has 0 radical (unpaired) electrons. The molecule has 19 heavy (non-hydrogen) atoms. The van der Waals surface area contributed by atoms with Crippen LogP contribution in [0.3, 0.4) is 0 Å². The lowest BCUT2D eigenvalue weighted by molar-refractivity contribution is 0.0508. The summed E-state index contributed by atoms with van der Waals surface area (Å²) >= 11 is 0. The monoisotopic (exact) mass is 264 g/mol. The van der Waals surface area contributed by atoms with Crippen molar-refractivity contribution in [2.75, 3.05) is 6.54 Å². The van der Waals surface area contributed by atoms with Gasteiger partial charge < -0.3 is 5.32 Å². The first-order valence-electron chi connectivity index (χ1n) is 8.71. The summed E-state index contributed by atoms with van der Waals surface area (Å²) in [6.07, 6.45) is 9.94. The molecule has 1 saturated carbocycles. The molecule has 0 aromatic carbocycles. The molecule has 2 saturated heterocycles. The van der Waals surface area contributed by atoms with Crippen molar-refractivity contribution in [3.63, 3.8) is 0 Å². The molecule has 0 aromatic heterocycles. The maximum atomic E-state index is 3.78. The lowest BCUT2D eigenvalue weighted by Gasteiger charge is -2.44. The molecule has 2 nitrogen and oxygen atoms in total. The van der Waals surface area contributed by atoms with E-state index in [0.29, 0.717) is 0 Å². The highest BCUT2D eigenvalue weighted by Crippen LogP contribution is 2.44. The van der Waals surface area contributed by atoms with Crippen LogP contribution in [0.1, 0.15) is 65.7 Å². The van der Waals surface area contributed by atoms with E-state index in [9.17, 15) is 0 Å². The van der Waals surface area contributed by atoms with Gasteiger partial charge in [-0.1, -0.05) is 20.8 Å². The second-order valence-electron chi connectivity index (χ2n) is 7.44. The minimum atomic E-state index is 0.808. The minimum absolute atomic E-state index is 0.808. The molecule has 2 heteroatoms. The van der Waals surface area contributed by atoms with Crippen LogP contribution < -0.4 is 5.32 Å². The average Bonchev–Trinajstić information content (AvgIpc) is 2.85. The fraction of sp³-hybridized carbons (Fsp3) is 1.00. The van der Waals surface area contributed by atoms with Crippen molar-refractivity contribution in [3.8, 4) is 0 Å². The van der Waals surface area contributed by atoms with Crippen molar-refractivity contribution in [2.45, 2.75) is 89.9 Å². The van der Waals surface area contributed by atoms with E-state index in [2.05, 4.69) is 31.0 Å². The smallest absolute Gasteiger partial charge is 0.0129 e. The molecule has 0 aromatic rings. The van der Waals surface area contributed by atoms with Crippen LogP contribution in [-0.4, -0.2) is 35.6 Å².